The molecule has 1 unspecified atom stereocenters. The van der Waals surface area contributed by atoms with E-state index in [9.17, 15) is 9.59 Å². The first-order valence-electron chi connectivity index (χ1n) is 7.60. The highest BCUT2D eigenvalue weighted by atomic mass is 16.4. The van der Waals surface area contributed by atoms with Gasteiger partial charge in [0, 0.05) is 26.1 Å². The van der Waals surface area contributed by atoms with Crippen molar-refractivity contribution in [2.75, 3.05) is 13.6 Å². The highest BCUT2D eigenvalue weighted by molar-refractivity contribution is 5.96. The average molecular weight is 315 g/mol. The zero-order valence-electron chi connectivity index (χ0n) is 13.6. The number of furan rings is 1. The van der Waals surface area contributed by atoms with Crippen molar-refractivity contribution >= 4 is 11.9 Å². The van der Waals surface area contributed by atoms with Crippen LogP contribution in [0.3, 0.4) is 0 Å². The van der Waals surface area contributed by atoms with Gasteiger partial charge in [-0.2, -0.15) is 0 Å². The monoisotopic (exact) mass is 315 g/mol. The van der Waals surface area contributed by atoms with Crippen molar-refractivity contribution in [2.45, 2.75) is 26.2 Å². The number of likely N-dealkylation sites (N-methyl/N-ethyl adjacent to an activating group) is 1. The number of carbonyl (C=O) groups is 2. The van der Waals surface area contributed by atoms with Gasteiger partial charge >= 0.3 is 5.97 Å². The molecule has 0 radical (unpaired) electrons. The minimum absolute atomic E-state index is 0.0559. The van der Waals surface area contributed by atoms with Crippen molar-refractivity contribution in [2.24, 2.45) is 0 Å². The van der Waals surface area contributed by atoms with Crippen LogP contribution in [0.5, 0.6) is 0 Å². The number of amides is 1. The molecule has 1 amide bonds. The maximum absolute atomic E-state index is 12.5. The van der Waals surface area contributed by atoms with Gasteiger partial charge in [0.2, 0.25) is 0 Å². The van der Waals surface area contributed by atoms with Gasteiger partial charge in [-0.1, -0.05) is 44.2 Å². The van der Waals surface area contributed by atoms with Crippen molar-refractivity contribution in [3.63, 3.8) is 0 Å². The molecule has 2 aromatic rings. The van der Waals surface area contributed by atoms with Gasteiger partial charge in [-0.15, -0.1) is 0 Å². The van der Waals surface area contributed by atoms with E-state index in [1.807, 2.05) is 37.3 Å². The number of benzene rings is 1. The molecule has 1 aromatic heterocycles. The van der Waals surface area contributed by atoms with E-state index < -0.39 is 5.97 Å². The number of aromatic carboxylic acids is 1. The van der Waals surface area contributed by atoms with Crippen LogP contribution < -0.4 is 0 Å². The largest absolute Gasteiger partial charge is 0.478 e. The second kappa shape index (κ2) is 7.13. The number of rotatable bonds is 6. The van der Waals surface area contributed by atoms with Crippen LogP contribution in [-0.2, 0) is 6.42 Å². The Balaban J connectivity index is 2.12. The number of carbonyl (C=O) groups excluding carboxylic acids is 1. The second-order valence-corrected chi connectivity index (χ2v) is 5.60. The van der Waals surface area contributed by atoms with Gasteiger partial charge in [0.25, 0.3) is 5.91 Å². The molecule has 0 saturated heterocycles. The quantitative estimate of drug-likeness (QED) is 0.886. The third kappa shape index (κ3) is 3.80. The number of hydrogen-bond acceptors (Lipinski definition) is 3. The fourth-order valence-electron chi connectivity index (χ4n) is 2.55. The molecule has 23 heavy (non-hydrogen) atoms. The Hall–Kier alpha value is -2.56. The van der Waals surface area contributed by atoms with E-state index in [0.29, 0.717) is 18.7 Å². The molecule has 0 fully saturated rings. The Bertz CT molecular complexity index is 690. The Morgan fingerprint density at radius 2 is 1.91 bits per heavy atom. The zero-order chi connectivity index (χ0) is 17.0. The lowest BCUT2D eigenvalue weighted by Gasteiger charge is -2.21. The SMILES string of the molecule is CCc1oc(C(=O)N(C)CC(C)c2ccccc2)cc1C(=O)O. The molecule has 0 aliphatic carbocycles. The summed E-state index contributed by atoms with van der Waals surface area (Å²) in [5.41, 5.74) is 1.20. The van der Waals surface area contributed by atoms with E-state index >= 15 is 0 Å². The van der Waals surface area contributed by atoms with Gasteiger partial charge in [-0.05, 0) is 11.5 Å². The molecule has 0 bridgehead atoms. The van der Waals surface area contributed by atoms with E-state index in [0.717, 1.165) is 5.56 Å². The van der Waals surface area contributed by atoms with E-state index in [2.05, 4.69) is 0 Å². The van der Waals surface area contributed by atoms with Gasteiger partial charge in [-0.25, -0.2) is 4.79 Å². The minimum atomic E-state index is -1.08. The summed E-state index contributed by atoms with van der Waals surface area (Å²) >= 11 is 0. The van der Waals surface area contributed by atoms with Gasteiger partial charge in [-0.3, -0.25) is 4.79 Å². The third-order valence-electron chi connectivity index (χ3n) is 3.83. The molecule has 1 N–H and O–H groups in total. The topological polar surface area (TPSA) is 70.8 Å². The summed E-state index contributed by atoms with van der Waals surface area (Å²) in [6.45, 7) is 4.36. The van der Waals surface area contributed by atoms with Crippen LogP contribution in [0.4, 0.5) is 0 Å². The van der Waals surface area contributed by atoms with Crippen molar-refractivity contribution in [1.82, 2.24) is 4.90 Å². The van der Waals surface area contributed by atoms with Gasteiger partial charge in [0.15, 0.2) is 5.76 Å². The maximum atomic E-state index is 12.5. The molecule has 5 nitrogen and oxygen atoms in total. The van der Waals surface area contributed by atoms with Crippen LogP contribution >= 0.6 is 0 Å². The molecular weight excluding hydrogens is 294 g/mol. The van der Waals surface area contributed by atoms with Gasteiger partial charge in [0.1, 0.15) is 11.3 Å². The molecule has 1 heterocycles. The zero-order valence-corrected chi connectivity index (χ0v) is 13.6. The smallest absolute Gasteiger partial charge is 0.339 e. The molecule has 1 atom stereocenters. The summed E-state index contributed by atoms with van der Waals surface area (Å²) in [5.74, 6) is -0.822. The standard InChI is InChI=1S/C18H21NO4/c1-4-15-14(18(21)22)10-16(23-15)17(20)19(3)11-12(2)13-8-6-5-7-9-13/h5-10,12H,4,11H2,1-3H3,(H,21,22). The maximum Gasteiger partial charge on any atom is 0.339 e. The normalized spacial score (nSPS) is 12.0. The van der Waals surface area contributed by atoms with Gasteiger partial charge in [0.05, 0.1) is 0 Å². The predicted octanol–water partition coefficient (Wildman–Crippen LogP) is 3.42. The highest BCUT2D eigenvalue weighted by Crippen LogP contribution is 2.20. The second-order valence-electron chi connectivity index (χ2n) is 5.60. The lowest BCUT2D eigenvalue weighted by Crippen LogP contribution is -2.30. The fourth-order valence-corrected chi connectivity index (χ4v) is 2.55. The van der Waals surface area contributed by atoms with Crippen molar-refractivity contribution in [3.8, 4) is 0 Å². The molecule has 0 aliphatic rings. The first-order chi connectivity index (χ1) is 10.9. The third-order valence-corrected chi connectivity index (χ3v) is 3.83. The Labute approximate surface area is 135 Å². The first kappa shape index (κ1) is 16.8. The van der Waals surface area contributed by atoms with Crippen LogP contribution in [0.1, 0.15) is 52.0 Å². The lowest BCUT2D eigenvalue weighted by atomic mass is 10.0. The summed E-state index contributed by atoms with van der Waals surface area (Å²) in [6.07, 6.45) is 0.430. The van der Waals surface area contributed by atoms with E-state index in [4.69, 9.17) is 9.52 Å². The van der Waals surface area contributed by atoms with Crippen molar-refractivity contribution in [1.29, 1.82) is 0 Å². The van der Waals surface area contributed by atoms with Crippen LogP contribution in [0.2, 0.25) is 0 Å². The Morgan fingerprint density at radius 1 is 1.26 bits per heavy atom. The summed E-state index contributed by atoms with van der Waals surface area (Å²) in [7, 11) is 1.69. The lowest BCUT2D eigenvalue weighted by molar-refractivity contribution is 0.0693. The highest BCUT2D eigenvalue weighted by Gasteiger charge is 2.23. The van der Waals surface area contributed by atoms with Gasteiger partial charge < -0.3 is 14.4 Å². The van der Waals surface area contributed by atoms with Crippen LogP contribution in [0, 0.1) is 0 Å². The fraction of sp³-hybridized carbons (Fsp3) is 0.333. The summed E-state index contributed by atoms with van der Waals surface area (Å²) in [6, 6.07) is 11.2. The summed E-state index contributed by atoms with van der Waals surface area (Å²) in [5, 5.41) is 9.14. The molecule has 0 aliphatic heterocycles. The molecule has 5 heteroatoms. The summed E-state index contributed by atoms with van der Waals surface area (Å²) < 4.78 is 5.42. The van der Waals surface area contributed by atoms with Crippen LogP contribution in [0.15, 0.2) is 40.8 Å². The number of aryl methyl sites for hydroxylation is 1. The molecule has 2 rings (SSSR count). The Kier molecular flexibility index (Phi) is 5.21. The molecule has 0 spiro atoms. The van der Waals surface area contributed by atoms with E-state index in [-0.39, 0.29) is 23.1 Å². The number of hydrogen-bond donors (Lipinski definition) is 1. The number of nitrogens with zero attached hydrogens (tertiary/aromatic N) is 1. The number of carboxylic acids is 1. The predicted molar refractivity (Wildman–Crippen MR) is 86.9 cm³/mol. The molecular formula is C18H21NO4. The Morgan fingerprint density at radius 3 is 2.43 bits per heavy atom. The molecule has 122 valence electrons. The van der Waals surface area contributed by atoms with Crippen molar-refractivity contribution in [3.05, 3.63) is 59.0 Å². The van der Waals surface area contributed by atoms with E-state index in [1.54, 1.807) is 18.9 Å². The first-order valence-corrected chi connectivity index (χ1v) is 7.60. The van der Waals surface area contributed by atoms with E-state index in [1.165, 1.54) is 6.07 Å². The summed E-state index contributed by atoms with van der Waals surface area (Å²) in [4.78, 5) is 25.2. The number of carboxylic acid groups (broad SMARTS) is 1. The molecule has 1 aromatic carbocycles. The van der Waals surface area contributed by atoms with Crippen LogP contribution in [-0.4, -0.2) is 35.5 Å². The average Bonchev–Trinajstić information content (AvgIpc) is 2.99. The van der Waals surface area contributed by atoms with Crippen LogP contribution in [0.25, 0.3) is 0 Å². The minimum Gasteiger partial charge on any atom is -0.478 e. The van der Waals surface area contributed by atoms with Crippen molar-refractivity contribution < 1.29 is 19.1 Å². The molecule has 0 saturated carbocycles.